The van der Waals surface area contributed by atoms with Crippen molar-refractivity contribution < 1.29 is 24.6 Å². The highest BCUT2D eigenvalue weighted by molar-refractivity contribution is 6.09. The SMILES string of the molecule is CC(C)c1ccc2c(c1)C(=O)CC(C(=O)O)(C(=O)O)C2. The van der Waals surface area contributed by atoms with Gasteiger partial charge in [-0.15, -0.1) is 0 Å². The maximum Gasteiger partial charge on any atom is 0.321 e. The number of aliphatic carboxylic acids is 2. The van der Waals surface area contributed by atoms with Crippen LogP contribution in [0.1, 0.15) is 47.7 Å². The standard InChI is InChI=1S/C15H16O5/c1-8(2)9-3-4-10-6-15(13(17)18,14(19)20)7-12(16)11(10)5-9/h3-5,8H,6-7H2,1-2H3,(H,17,18)(H,19,20). The predicted molar refractivity (Wildman–Crippen MR) is 70.9 cm³/mol. The number of carboxylic acid groups (broad SMARTS) is 2. The molecule has 1 aliphatic rings. The van der Waals surface area contributed by atoms with Crippen molar-refractivity contribution >= 4 is 17.7 Å². The average Bonchev–Trinajstić information content (AvgIpc) is 2.37. The third kappa shape index (κ3) is 2.09. The number of hydrogen-bond acceptors (Lipinski definition) is 3. The molecule has 5 heteroatoms. The van der Waals surface area contributed by atoms with Crippen molar-refractivity contribution in [1.29, 1.82) is 0 Å². The monoisotopic (exact) mass is 276 g/mol. The number of carbonyl (C=O) groups is 3. The molecule has 0 amide bonds. The van der Waals surface area contributed by atoms with Gasteiger partial charge in [-0.3, -0.25) is 14.4 Å². The molecular formula is C15H16O5. The van der Waals surface area contributed by atoms with Crippen LogP contribution in [0.4, 0.5) is 0 Å². The first-order valence-corrected chi connectivity index (χ1v) is 6.41. The third-order valence-electron chi connectivity index (χ3n) is 3.87. The zero-order valence-electron chi connectivity index (χ0n) is 11.3. The van der Waals surface area contributed by atoms with Crippen LogP contribution in [0.25, 0.3) is 0 Å². The van der Waals surface area contributed by atoms with Gasteiger partial charge >= 0.3 is 11.9 Å². The van der Waals surface area contributed by atoms with Gasteiger partial charge in [0.1, 0.15) is 0 Å². The molecule has 0 spiro atoms. The molecule has 2 rings (SSSR count). The van der Waals surface area contributed by atoms with Crippen LogP contribution in [-0.4, -0.2) is 27.9 Å². The molecule has 1 aromatic rings. The minimum atomic E-state index is -2.04. The molecular weight excluding hydrogens is 260 g/mol. The fourth-order valence-corrected chi connectivity index (χ4v) is 2.52. The molecule has 0 unspecified atom stereocenters. The zero-order chi connectivity index (χ0) is 15.1. The van der Waals surface area contributed by atoms with Crippen molar-refractivity contribution in [2.45, 2.75) is 32.6 Å². The van der Waals surface area contributed by atoms with E-state index in [2.05, 4.69) is 0 Å². The van der Waals surface area contributed by atoms with Crippen molar-refractivity contribution in [3.8, 4) is 0 Å². The van der Waals surface area contributed by atoms with Gasteiger partial charge in [-0.2, -0.15) is 0 Å². The number of carboxylic acids is 2. The summed E-state index contributed by atoms with van der Waals surface area (Å²) in [5.74, 6) is -3.09. The summed E-state index contributed by atoms with van der Waals surface area (Å²) in [5, 5.41) is 18.4. The Bertz CT molecular complexity index is 586. The molecule has 0 aliphatic heterocycles. The highest BCUT2D eigenvalue weighted by Crippen LogP contribution is 2.37. The molecule has 0 saturated carbocycles. The van der Waals surface area contributed by atoms with Gasteiger partial charge in [-0.1, -0.05) is 26.0 Å². The minimum Gasteiger partial charge on any atom is -0.480 e. The second-order valence-corrected chi connectivity index (χ2v) is 5.54. The minimum absolute atomic E-state index is 0.156. The molecule has 106 valence electrons. The Morgan fingerprint density at radius 2 is 1.75 bits per heavy atom. The van der Waals surface area contributed by atoms with E-state index < -0.39 is 29.6 Å². The molecule has 2 N–H and O–H groups in total. The van der Waals surface area contributed by atoms with E-state index in [1.165, 1.54) is 0 Å². The van der Waals surface area contributed by atoms with Crippen LogP contribution in [0.5, 0.6) is 0 Å². The molecule has 0 aromatic heterocycles. The Morgan fingerprint density at radius 3 is 2.25 bits per heavy atom. The van der Waals surface area contributed by atoms with E-state index in [0.29, 0.717) is 11.1 Å². The van der Waals surface area contributed by atoms with Crippen molar-refractivity contribution in [2.24, 2.45) is 5.41 Å². The maximum absolute atomic E-state index is 12.2. The average molecular weight is 276 g/mol. The molecule has 0 bridgehead atoms. The van der Waals surface area contributed by atoms with Crippen LogP contribution in [0.2, 0.25) is 0 Å². The molecule has 0 atom stereocenters. The number of benzene rings is 1. The largest absolute Gasteiger partial charge is 0.480 e. The lowest BCUT2D eigenvalue weighted by molar-refractivity contribution is -0.164. The van der Waals surface area contributed by atoms with E-state index in [4.69, 9.17) is 0 Å². The zero-order valence-corrected chi connectivity index (χ0v) is 11.3. The molecule has 0 saturated heterocycles. The first-order chi connectivity index (χ1) is 9.28. The summed E-state index contributed by atoms with van der Waals surface area (Å²) < 4.78 is 0. The number of Topliss-reactive ketones (excluding diaryl/α,β-unsaturated/α-hetero) is 1. The summed E-state index contributed by atoms with van der Waals surface area (Å²) in [5.41, 5.74) is -0.108. The highest BCUT2D eigenvalue weighted by atomic mass is 16.4. The summed E-state index contributed by atoms with van der Waals surface area (Å²) in [6, 6.07) is 5.23. The smallest absolute Gasteiger partial charge is 0.321 e. The normalized spacial score (nSPS) is 16.9. The van der Waals surface area contributed by atoms with Crippen molar-refractivity contribution in [1.82, 2.24) is 0 Å². The molecule has 5 nitrogen and oxygen atoms in total. The van der Waals surface area contributed by atoms with E-state index in [0.717, 1.165) is 5.56 Å². The Labute approximate surface area is 116 Å². The van der Waals surface area contributed by atoms with E-state index in [1.54, 1.807) is 12.1 Å². The van der Waals surface area contributed by atoms with Gasteiger partial charge < -0.3 is 10.2 Å². The van der Waals surface area contributed by atoms with Crippen molar-refractivity contribution in [3.05, 3.63) is 34.9 Å². The summed E-state index contributed by atoms with van der Waals surface area (Å²) in [6.45, 7) is 3.99. The van der Waals surface area contributed by atoms with Gasteiger partial charge in [-0.25, -0.2) is 0 Å². The second-order valence-electron chi connectivity index (χ2n) is 5.54. The lowest BCUT2D eigenvalue weighted by atomic mass is 9.70. The van der Waals surface area contributed by atoms with E-state index in [9.17, 15) is 24.6 Å². The molecule has 1 aliphatic carbocycles. The van der Waals surface area contributed by atoms with Crippen molar-refractivity contribution in [3.63, 3.8) is 0 Å². The fraction of sp³-hybridized carbons (Fsp3) is 0.400. The summed E-state index contributed by atoms with van der Waals surface area (Å²) in [4.78, 5) is 34.8. The first kappa shape index (κ1) is 14.2. The number of hydrogen-bond donors (Lipinski definition) is 2. The van der Waals surface area contributed by atoms with Gasteiger partial charge in [0.25, 0.3) is 0 Å². The van der Waals surface area contributed by atoms with Crippen LogP contribution >= 0.6 is 0 Å². The summed E-state index contributed by atoms with van der Waals surface area (Å²) >= 11 is 0. The Morgan fingerprint density at radius 1 is 1.15 bits per heavy atom. The maximum atomic E-state index is 12.2. The van der Waals surface area contributed by atoms with E-state index in [-0.39, 0.29) is 12.3 Å². The van der Waals surface area contributed by atoms with Gasteiger partial charge in [0.05, 0.1) is 0 Å². The lowest BCUT2D eigenvalue weighted by Gasteiger charge is -2.30. The predicted octanol–water partition coefficient (Wildman–Crippen LogP) is 2.09. The summed E-state index contributed by atoms with van der Waals surface area (Å²) in [6.07, 6.45) is -0.649. The quantitative estimate of drug-likeness (QED) is 0.825. The van der Waals surface area contributed by atoms with Crippen LogP contribution in [-0.2, 0) is 16.0 Å². The fourth-order valence-electron chi connectivity index (χ4n) is 2.52. The molecule has 1 aromatic carbocycles. The van der Waals surface area contributed by atoms with Crippen LogP contribution in [0.3, 0.4) is 0 Å². The van der Waals surface area contributed by atoms with Crippen LogP contribution < -0.4 is 0 Å². The molecule has 20 heavy (non-hydrogen) atoms. The lowest BCUT2D eigenvalue weighted by Crippen LogP contribution is -2.45. The number of carbonyl (C=O) groups excluding carboxylic acids is 1. The Kier molecular flexibility index (Phi) is 3.38. The topological polar surface area (TPSA) is 91.7 Å². The van der Waals surface area contributed by atoms with Gasteiger partial charge in [0.15, 0.2) is 11.2 Å². The van der Waals surface area contributed by atoms with E-state index >= 15 is 0 Å². The van der Waals surface area contributed by atoms with Crippen LogP contribution in [0, 0.1) is 5.41 Å². The first-order valence-electron chi connectivity index (χ1n) is 6.41. The summed E-state index contributed by atoms with van der Waals surface area (Å²) in [7, 11) is 0. The Balaban J connectivity index is 2.52. The van der Waals surface area contributed by atoms with Gasteiger partial charge in [0.2, 0.25) is 0 Å². The van der Waals surface area contributed by atoms with Crippen LogP contribution in [0.15, 0.2) is 18.2 Å². The highest BCUT2D eigenvalue weighted by Gasteiger charge is 2.51. The van der Waals surface area contributed by atoms with Gasteiger partial charge in [-0.05, 0) is 23.1 Å². The van der Waals surface area contributed by atoms with E-state index in [1.807, 2.05) is 19.9 Å². The van der Waals surface area contributed by atoms with Crippen molar-refractivity contribution in [2.75, 3.05) is 0 Å². The molecule has 0 heterocycles. The number of fused-ring (bicyclic) bond motifs is 1. The third-order valence-corrected chi connectivity index (χ3v) is 3.87. The molecule has 0 fully saturated rings. The van der Waals surface area contributed by atoms with Gasteiger partial charge in [0, 0.05) is 18.4 Å². The molecule has 0 radical (unpaired) electrons. The second kappa shape index (κ2) is 4.74. The number of rotatable bonds is 3. The number of ketones is 1. The Hall–Kier alpha value is -2.17.